The monoisotopic (exact) mass is 533 g/mol. The van der Waals surface area contributed by atoms with Gasteiger partial charge in [0, 0.05) is 18.7 Å². The van der Waals surface area contributed by atoms with Crippen LogP contribution in [0.1, 0.15) is 83.5 Å². The molecule has 0 heterocycles. The van der Waals surface area contributed by atoms with Crippen LogP contribution in [0.3, 0.4) is 0 Å². The molecule has 39 heavy (non-hydrogen) atoms. The van der Waals surface area contributed by atoms with Crippen LogP contribution in [-0.4, -0.2) is 41.0 Å². The van der Waals surface area contributed by atoms with E-state index in [9.17, 15) is 14.4 Å². The van der Waals surface area contributed by atoms with Gasteiger partial charge < -0.3 is 20.3 Å². The van der Waals surface area contributed by atoms with E-state index in [1.807, 2.05) is 51.1 Å². The van der Waals surface area contributed by atoms with Crippen molar-refractivity contribution in [2.75, 3.05) is 6.54 Å². The lowest BCUT2D eigenvalue weighted by Gasteiger charge is -2.35. The number of carbonyl (C=O) groups is 3. The highest BCUT2D eigenvalue weighted by molar-refractivity contribution is 5.92. The van der Waals surface area contributed by atoms with Gasteiger partial charge in [0.15, 0.2) is 0 Å². The fraction of sp³-hybridized carbons (Fsp3) is 0.469. The van der Waals surface area contributed by atoms with Crippen LogP contribution < -0.4 is 10.6 Å². The van der Waals surface area contributed by atoms with Crippen molar-refractivity contribution >= 4 is 17.9 Å². The number of amides is 3. The number of hydrogen-bond acceptors (Lipinski definition) is 4. The first kappa shape index (κ1) is 31.4. The maximum atomic E-state index is 14.1. The highest BCUT2D eigenvalue weighted by atomic mass is 16.6. The fourth-order valence-electron chi connectivity index (χ4n) is 4.15. The third kappa shape index (κ3) is 10.5. The van der Waals surface area contributed by atoms with Crippen molar-refractivity contribution in [3.8, 4) is 12.3 Å². The summed E-state index contributed by atoms with van der Waals surface area (Å²) in [4.78, 5) is 42.2. The predicted molar refractivity (Wildman–Crippen MR) is 155 cm³/mol. The molecule has 7 nitrogen and oxygen atoms in total. The van der Waals surface area contributed by atoms with Crippen molar-refractivity contribution < 1.29 is 19.1 Å². The normalized spacial score (nSPS) is 12.7. The Labute approximate surface area is 233 Å². The molecule has 2 atom stereocenters. The van der Waals surface area contributed by atoms with Crippen LogP contribution in [0.2, 0.25) is 0 Å². The second kappa shape index (κ2) is 15.0. The van der Waals surface area contributed by atoms with Gasteiger partial charge in [-0.3, -0.25) is 9.59 Å². The number of unbranched alkanes of at least 4 members (excludes halogenated alkanes) is 1. The molecular formula is C32H43N3O4. The quantitative estimate of drug-likeness (QED) is 0.348. The molecule has 2 aromatic carbocycles. The number of hydrogen-bond donors (Lipinski definition) is 2. The minimum absolute atomic E-state index is 0.113. The first-order chi connectivity index (χ1) is 18.4. The Hall–Kier alpha value is -3.79. The first-order valence-corrected chi connectivity index (χ1v) is 13.6. The summed E-state index contributed by atoms with van der Waals surface area (Å²) in [6, 6.07) is 14.9. The summed E-state index contributed by atoms with van der Waals surface area (Å²) in [6.07, 6.45) is 6.80. The molecule has 2 N–H and O–H groups in total. The Morgan fingerprint density at radius 3 is 2.21 bits per heavy atom. The lowest BCUT2D eigenvalue weighted by atomic mass is 9.98. The summed E-state index contributed by atoms with van der Waals surface area (Å²) in [7, 11) is 0. The van der Waals surface area contributed by atoms with Gasteiger partial charge in [-0.25, -0.2) is 4.79 Å². The largest absolute Gasteiger partial charge is 0.444 e. The molecule has 0 fully saturated rings. The number of terminal acetylenes is 1. The van der Waals surface area contributed by atoms with Crippen molar-refractivity contribution in [1.82, 2.24) is 15.5 Å². The molecular weight excluding hydrogens is 490 g/mol. The molecule has 3 amide bonds. The van der Waals surface area contributed by atoms with Gasteiger partial charge in [-0.2, -0.15) is 0 Å². The summed E-state index contributed by atoms with van der Waals surface area (Å²) in [5.74, 6) is 2.07. The molecule has 7 heteroatoms. The van der Waals surface area contributed by atoms with E-state index in [0.717, 1.165) is 12.0 Å². The molecule has 2 aromatic rings. The predicted octanol–water partition coefficient (Wildman–Crippen LogP) is 5.59. The molecule has 0 aliphatic rings. The Bertz CT molecular complexity index is 1110. The molecule has 2 rings (SSSR count). The van der Waals surface area contributed by atoms with Crippen molar-refractivity contribution in [2.45, 2.75) is 85.0 Å². The highest BCUT2D eigenvalue weighted by Gasteiger charge is 2.36. The molecule has 0 radical (unpaired) electrons. The fourth-order valence-corrected chi connectivity index (χ4v) is 4.15. The van der Waals surface area contributed by atoms with E-state index >= 15 is 0 Å². The number of benzene rings is 2. The molecule has 0 aliphatic heterocycles. The summed E-state index contributed by atoms with van der Waals surface area (Å²) in [5.41, 5.74) is 1.56. The van der Waals surface area contributed by atoms with Gasteiger partial charge in [-0.05, 0) is 62.8 Å². The molecule has 0 saturated heterocycles. The Morgan fingerprint density at radius 1 is 1.03 bits per heavy atom. The molecule has 2 unspecified atom stereocenters. The zero-order valence-electron chi connectivity index (χ0n) is 24.1. The highest BCUT2D eigenvalue weighted by Crippen LogP contribution is 2.25. The minimum atomic E-state index is -0.908. The molecule has 0 spiro atoms. The first-order valence-electron chi connectivity index (χ1n) is 13.6. The van der Waals surface area contributed by atoms with Crippen LogP contribution in [0.25, 0.3) is 0 Å². The van der Waals surface area contributed by atoms with Crippen LogP contribution in [0.15, 0.2) is 54.6 Å². The molecule has 0 saturated carbocycles. The van der Waals surface area contributed by atoms with Gasteiger partial charge in [0.1, 0.15) is 17.7 Å². The zero-order valence-corrected chi connectivity index (χ0v) is 24.1. The summed E-state index contributed by atoms with van der Waals surface area (Å²) < 4.78 is 5.45. The van der Waals surface area contributed by atoms with Gasteiger partial charge in [0.25, 0.3) is 0 Å². The smallest absolute Gasteiger partial charge is 0.408 e. The number of alkyl carbamates (subject to hydrolysis) is 1. The van der Waals surface area contributed by atoms with Crippen molar-refractivity contribution in [1.29, 1.82) is 0 Å². The van der Waals surface area contributed by atoms with Crippen LogP contribution in [0.4, 0.5) is 4.79 Å². The Morgan fingerprint density at radius 2 is 1.67 bits per heavy atom. The van der Waals surface area contributed by atoms with Crippen LogP contribution >= 0.6 is 0 Å². The summed E-state index contributed by atoms with van der Waals surface area (Å²) in [5, 5.41) is 5.78. The second-order valence-corrected chi connectivity index (χ2v) is 11.1. The standard InChI is InChI=1S/C32H43N3O4/c1-8-10-20-35(30(37)27(21-23(3)4)34-31(38)39-32(5,6)7)28(26-18-16-24(9-2)17-19-26)29(36)33-22-25-14-12-11-13-15-25/h2,11-19,23,27-28H,8,10,20-22H2,1,3-7H3,(H,33,36)(H,34,38). The maximum Gasteiger partial charge on any atom is 0.408 e. The van der Waals surface area contributed by atoms with E-state index in [1.54, 1.807) is 49.9 Å². The van der Waals surface area contributed by atoms with E-state index in [1.165, 1.54) is 0 Å². The molecule has 210 valence electrons. The minimum Gasteiger partial charge on any atom is -0.444 e. The van der Waals surface area contributed by atoms with Gasteiger partial charge in [-0.15, -0.1) is 6.42 Å². The van der Waals surface area contributed by atoms with E-state index in [-0.39, 0.29) is 17.7 Å². The number of rotatable bonds is 12. The maximum absolute atomic E-state index is 14.1. The third-order valence-corrected chi connectivity index (χ3v) is 5.99. The summed E-state index contributed by atoms with van der Waals surface area (Å²) in [6.45, 7) is 12.0. The SMILES string of the molecule is C#Cc1ccc(C(C(=O)NCc2ccccc2)N(CCCC)C(=O)C(CC(C)C)NC(=O)OC(C)(C)C)cc1. The average Bonchev–Trinajstić information content (AvgIpc) is 2.88. The van der Waals surface area contributed by atoms with E-state index in [4.69, 9.17) is 11.2 Å². The number of nitrogens with one attached hydrogen (secondary N) is 2. The molecule has 0 aliphatic carbocycles. The van der Waals surface area contributed by atoms with Gasteiger partial charge in [-0.1, -0.05) is 75.6 Å². The van der Waals surface area contributed by atoms with E-state index in [0.29, 0.717) is 37.1 Å². The van der Waals surface area contributed by atoms with Gasteiger partial charge in [0.2, 0.25) is 11.8 Å². The van der Waals surface area contributed by atoms with Gasteiger partial charge in [0.05, 0.1) is 0 Å². The summed E-state index contributed by atoms with van der Waals surface area (Å²) >= 11 is 0. The zero-order chi connectivity index (χ0) is 29.0. The Balaban J connectivity index is 2.47. The van der Waals surface area contributed by atoms with Gasteiger partial charge >= 0.3 is 6.09 Å². The van der Waals surface area contributed by atoms with Crippen LogP contribution in [0.5, 0.6) is 0 Å². The van der Waals surface area contributed by atoms with Crippen molar-refractivity contribution in [3.05, 3.63) is 71.3 Å². The topological polar surface area (TPSA) is 87.7 Å². The third-order valence-electron chi connectivity index (χ3n) is 5.99. The van der Waals surface area contributed by atoms with Crippen LogP contribution in [0, 0.1) is 18.3 Å². The molecule has 0 bridgehead atoms. The molecule has 0 aromatic heterocycles. The lowest BCUT2D eigenvalue weighted by molar-refractivity contribution is -0.143. The number of nitrogens with zero attached hydrogens (tertiary/aromatic N) is 1. The Kier molecular flexibility index (Phi) is 12.1. The van der Waals surface area contributed by atoms with Crippen molar-refractivity contribution in [3.63, 3.8) is 0 Å². The van der Waals surface area contributed by atoms with Crippen molar-refractivity contribution in [2.24, 2.45) is 5.92 Å². The number of carbonyl (C=O) groups excluding carboxylic acids is 3. The number of ether oxygens (including phenoxy) is 1. The van der Waals surface area contributed by atoms with E-state index in [2.05, 4.69) is 16.6 Å². The average molecular weight is 534 g/mol. The second-order valence-electron chi connectivity index (χ2n) is 11.1. The van der Waals surface area contributed by atoms with E-state index < -0.39 is 23.8 Å². The lowest BCUT2D eigenvalue weighted by Crippen LogP contribution is -2.53. The van der Waals surface area contributed by atoms with Crippen LogP contribution in [-0.2, 0) is 20.9 Å².